The Kier molecular flexibility index (Phi) is 6.88. The molecule has 2 aromatic rings. The molecule has 0 bridgehead atoms. The molecule has 160 valence electrons. The van der Waals surface area contributed by atoms with Gasteiger partial charge in [0.15, 0.2) is 0 Å². The molecule has 0 saturated heterocycles. The lowest BCUT2D eigenvalue weighted by molar-refractivity contribution is -0.385. The third-order valence-corrected chi connectivity index (χ3v) is 4.03. The first-order valence-corrected chi connectivity index (χ1v) is 8.54. The number of hydrogen-bond acceptors (Lipinski definition) is 6. The third kappa shape index (κ3) is 5.60. The molecule has 2 rings (SSSR count). The maximum Gasteiger partial charge on any atom is 0.416 e. The highest BCUT2D eigenvalue weighted by atomic mass is 35.5. The number of halogens is 4. The zero-order chi connectivity index (χ0) is 22.6. The average molecular weight is 447 g/mol. The van der Waals surface area contributed by atoms with Crippen molar-refractivity contribution in [2.24, 2.45) is 5.16 Å². The van der Waals surface area contributed by atoms with E-state index in [-0.39, 0.29) is 33.5 Å². The van der Waals surface area contributed by atoms with E-state index in [0.717, 1.165) is 18.2 Å². The number of benzene rings is 2. The first kappa shape index (κ1) is 22.9. The lowest BCUT2D eigenvalue weighted by Gasteiger charge is -2.12. The van der Waals surface area contributed by atoms with Gasteiger partial charge in [0, 0.05) is 6.07 Å². The zero-order valence-electron chi connectivity index (χ0n) is 15.4. The van der Waals surface area contributed by atoms with Crippen LogP contribution in [0.5, 0.6) is 11.5 Å². The minimum Gasteiger partial charge on any atom is -0.478 e. The molecule has 0 fully saturated rings. The van der Waals surface area contributed by atoms with Crippen molar-refractivity contribution >= 4 is 29.0 Å². The normalized spacial score (nSPS) is 12.9. The van der Waals surface area contributed by atoms with E-state index in [1.807, 2.05) is 0 Å². The molecule has 0 heterocycles. The highest BCUT2D eigenvalue weighted by molar-refractivity contribution is 6.32. The van der Waals surface area contributed by atoms with E-state index in [2.05, 4.69) is 5.16 Å². The molecular weight excluding hydrogens is 433 g/mol. The van der Waals surface area contributed by atoms with Crippen LogP contribution in [0, 0.1) is 10.1 Å². The van der Waals surface area contributed by atoms with Gasteiger partial charge < -0.3 is 14.7 Å². The number of nitro groups is 1. The van der Waals surface area contributed by atoms with E-state index in [1.54, 1.807) is 0 Å². The fraction of sp³-hybridized carbons (Fsp3) is 0.222. The predicted octanol–water partition coefficient (Wildman–Crippen LogP) is 5.27. The average Bonchev–Trinajstić information content (AvgIpc) is 2.66. The number of hydrogen-bond donors (Lipinski definition) is 1. The second-order valence-electron chi connectivity index (χ2n) is 5.94. The van der Waals surface area contributed by atoms with Crippen LogP contribution in [0.2, 0.25) is 5.02 Å². The number of carboxylic acids is 1. The van der Waals surface area contributed by atoms with Crippen molar-refractivity contribution in [1.82, 2.24) is 0 Å². The molecule has 30 heavy (non-hydrogen) atoms. The van der Waals surface area contributed by atoms with Crippen molar-refractivity contribution in [3.63, 3.8) is 0 Å². The van der Waals surface area contributed by atoms with Gasteiger partial charge in [-0.2, -0.15) is 13.2 Å². The van der Waals surface area contributed by atoms with Crippen LogP contribution in [0.1, 0.15) is 25.0 Å². The summed E-state index contributed by atoms with van der Waals surface area (Å²) in [5.74, 6) is -1.36. The topological polar surface area (TPSA) is 111 Å². The van der Waals surface area contributed by atoms with E-state index in [4.69, 9.17) is 26.3 Å². The van der Waals surface area contributed by atoms with Gasteiger partial charge in [0.2, 0.25) is 6.10 Å². The van der Waals surface area contributed by atoms with Crippen LogP contribution < -0.4 is 4.74 Å². The molecule has 0 spiro atoms. The summed E-state index contributed by atoms with van der Waals surface area (Å²) < 4.78 is 43.7. The molecule has 0 aliphatic carbocycles. The minimum absolute atomic E-state index is 0.0150. The molecule has 0 saturated carbocycles. The molecule has 0 aliphatic heterocycles. The van der Waals surface area contributed by atoms with Crippen LogP contribution in [0.15, 0.2) is 41.6 Å². The Balaban J connectivity index is 2.37. The van der Waals surface area contributed by atoms with Crippen LogP contribution >= 0.6 is 11.6 Å². The Morgan fingerprint density at radius 1 is 1.27 bits per heavy atom. The molecule has 0 amide bonds. The van der Waals surface area contributed by atoms with Gasteiger partial charge in [-0.3, -0.25) is 10.1 Å². The van der Waals surface area contributed by atoms with Gasteiger partial charge in [-0.15, -0.1) is 0 Å². The van der Waals surface area contributed by atoms with Crippen LogP contribution in [0.25, 0.3) is 0 Å². The minimum atomic E-state index is -4.58. The highest BCUT2D eigenvalue weighted by Crippen LogP contribution is 2.37. The Hall–Kier alpha value is -3.34. The summed E-state index contributed by atoms with van der Waals surface area (Å²) in [5.41, 5.74) is -1.39. The third-order valence-electron chi connectivity index (χ3n) is 3.74. The van der Waals surface area contributed by atoms with Crippen molar-refractivity contribution in [3.8, 4) is 11.5 Å². The lowest BCUT2D eigenvalue weighted by Crippen LogP contribution is -2.18. The van der Waals surface area contributed by atoms with Crippen LogP contribution in [-0.4, -0.2) is 27.8 Å². The zero-order valence-corrected chi connectivity index (χ0v) is 16.2. The molecule has 0 aromatic heterocycles. The second kappa shape index (κ2) is 8.99. The standard InChI is InChI=1S/C18H14ClF3N2O6/c1-9(23-30-10(2)17(25)26)13-8-12(4-5-15(13)24(27)28)29-16-6-3-11(7-14(16)19)18(20,21)22/h3-8,10H,1-2H3,(H,25,26)/b23-9+. The van der Waals surface area contributed by atoms with Gasteiger partial charge >= 0.3 is 12.1 Å². The van der Waals surface area contributed by atoms with E-state index in [9.17, 15) is 28.1 Å². The highest BCUT2D eigenvalue weighted by Gasteiger charge is 2.31. The van der Waals surface area contributed by atoms with Gasteiger partial charge in [0.1, 0.15) is 11.5 Å². The Morgan fingerprint density at radius 2 is 1.93 bits per heavy atom. The van der Waals surface area contributed by atoms with E-state index in [1.165, 1.54) is 26.0 Å². The van der Waals surface area contributed by atoms with E-state index >= 15 is 0 Å². The number of rotatable bonds is 7. The SMILES string of the molecule is C/C(=N\OC(C)C(=O)O)c1cc(Oc2ccc(C(F)(F)F)cc2Cl)ccc1[N+](=O)[O-]. The van der Waals surface area contributed by atoms with E-state index < -0.39 is 28.7 Å². The van der Waals surface area contributed by atoms with Crippen molar-refractivity contribution in [3.05, 3.63) is 62.7 Å². The quantitative estimate of drug-likeness (QED) is 0.352. The molecule has 8 nitrogen and oxygen atoms in total. The molecular formula is C18H14ClF3N2O6. The number of nitrogens with zero attached hydrogens (tertiary/aromatic N) is 2. The number of ether oxygens (including phenoxy) is 1. The molecule has 12 heteroatoms. The number of carboxylic acid groups (broad SMARTS) is 1. The Bertz CT molecular complexity index is 1010. The summed E-state index contributed by atoms with van der Waals surface area (Å²) in [5, 5.41) is 23.4. The maximum absolute atomic E-state index is 12.7. The molecule has 1 unspecified atom stereocenters. The predicted molar refractivity (Wildman–Crippen MR) is 100 cm³/mol. The van der Waals surface area contributed by atoms with Gasteiger partial charge in [0.05, 0.1) is 26.8 Å². The fourth-order valence-electron chi connectivity index (χ4n) is 2.17. The largest absolute Gasteiger partial charge is 0.478 e. The fourth-order valence-corrected chi connectivity index (χ4v) is 2.39. The summed E-state index contributed by atoms with van der Waals surface area (Å²) in [7, 11) is 0. The monoisotopic (exact) mass is 446 g/mol. The molecule has 0 aliphatic rings. The van der Waals surface area contributed by atoms with Gasteiger partial charge in [0.25, 0.3) is 5.69 Å². The van der Waals surface area contributed by atoms with Gasteiger partial charge in [-0.25, -0.2) is 4.79 Å². The summed E-state index contributed by atoms with van der Waals surface area (Å²) in [4.78, 5) is 26.2. The van der Waals surface area contributed by atoms with Crippen LogP contribution in [-0.2, 0) is 15.8 Å². The first-order chi connectivity index (χ1) is 13.9. The maximum atomic E-state index is 12.7. The Labute approximate surface area is 172 Å². The second-order valence-corrected chi connectivity index (χ2v) is 6.35. The van der Waals surface area contributed by atoms with Crippen molar-refractivity contribution < 1.29 is 37.6 Å². The van der Waals surface area contributed by atoms with Crippen molar-refractivity contribution in [2.75, 3.05) is 0 Å². The van der Waals surface area contributed by atoms with Gasteiger partial charge in [-0.05, 0) is 44.2 Å². The van der Waals surface area contributed by atoms with Crippen LogP contribution in [0.4, 0.5) is 18.9 Å². The number of nitro benzene ring substituents is 1. The number of oxime groups is 1. The molecule has 1 N–H and O–H groups in total. The summed E-state index contributed by atoms with van der Waals surface area (Å²) >= 11 is 5.85. The molecule has 2 aromatic carbocycles. The summed E-state index contributed by atoms with van der Waals surface area (Å²) in [6.45, 7) is 2.57. The number of aliphatic carboxylic acids is 1. The summed E-state index contributed by atoms with van der Waals surface area (Å²) in [6, 6.07) is 6.02. The van der Waals surface area contributed by atoms with Crippen LogP contribution in [0.3, 0.4) is 0 Å². The number of carbonyl (C=O) groups is 1. The number of alkyl halides is 3. The molecule has 1 atom stereocenters. The lowest BCUT2D eigenvalue weighted by atomic mass is 10.1. The van der Waals surface area contributed by atoms with Crippen molar-refractivity contribution in [1.29, 1.82) is 0 Å². The van der Waals surface area contributed by atoms with Gasteiger partial charge in [-0.1, -0.05) is 16.8 Å². The van der Waals surface area contributed by atoms with E-state index in [0.29, 0.717) is 6.07 Å². The Morgan fingerprint density at radius 3 is 2.47 bits per heavy atom. The smallest absolute Gasteiger partial charge is 0.416 e. The summed E-state index contributed by atoms with van der Waals surface area (Å²) in [6.07, 6.45) is -5.87. The molecule has 0 radical (unpaired) electrons. The first-order valence-electron chi connectivity index (χ1n) is 8.16. The van der Waals surface area contributed by atoms with Crippen molar-refractivity contribution in [2.45, 2.75) is 26.1 Å².